The van der Waals surface area contributed by atoms with Gasteiger partial charge in [0, 0.05) is 45.2 Å². The van der Waals surface area contributed by atoms with Crippen molar-refractivity contribution in [2.75, 3.05) is 36.8 Å². The molecule has 0 saturated heterocycles. The van der Waals surface area contributed by atoms with Crippen molar-refractivity contribution in [3.8, 4) is 0 Å². The lowest BCUT2D eigenvalue weighted by atomic mass is 10.3. The highest BCUT2D eigenvalue weighted by atomic mass is 32.2. The highest BCUT2D eigenvalue weighted by Crippen LogP contribution is 2.22. The number of aromatic nitrogens is 2. The third-order valence-electron chi connectivity index (χ3n) is 4.02. The zero-order chi connectivity index (χ0) is 20.9. The van der Waals surface area contributed by atoms with Crippen molar-refractivity contribution in [1.82, 2.24) is 19.4 Å². The fraction of sp³-hybridized carbons (Fsp3) is 0.529. The Balaban J connectivity index is 2.18. The van der Waals surface area contributed by atoms with E-state index in [9.17, 15) is 13.2 Å². The molecule has 0 atom stereocenters. The summed E-state index contributed by atoms with van der Waals surface area (Å²) in [5.74, 6) is 1.32. The van der Waals surface area contributed by atoms with Gasteiger partial charge >= 0.3 is 16.2 Å². The Labute approximate surface area is 165 Å². The minimum absolute atomic E-state index is 0.160. The summed E-state index contributed by atoms with van der Waals surface area (Å²) >= 11 is 0. The molecule has 0 spiro atoms. The second-order valence-electron chi connectivity index (χ2n) is 6.57. The maximum absolute atomic E-state index is 12.8. The first-order valence-corrected chi connectivity index (χ1v) is 10.5. The van der Waals surface area contributed by atoms with Crippen molar-refractivity contribution in [3.63, 3.8) is 0 Å². The van der Waals surface area contributed by atoms with Crippen LogP contribution in [0.1, 0.15) is 25.4 Å². The first kappa shape index (κ1) is 21.8. The van der Waals surface area contributed by atoms with E-state index in [0.717, 1.165) is 10.1 Å². The minimum Gasteiger partial charge on any atom is -0.464 e. The predicted molar refractivity (Wildman–Crippen MR) is 108 cm³/mol. The second kappa shape index (κ2) is 9.11. The number of amides is 2. The van der Waals surface area contributed by atoms with E-state index in [2.05, 4.69) is 15.1 Å². The number of nitrogens with zero attached hydrogens (tertiary/aromatic N) is 4. The van der Waals surface area contributed by atoms with Gasteiger partial charge in [0.05, 0.1) is 17.6 Å². The molecular weight excluding hydrogens is 384 g/mol. The Kier molecular flexibility index (Phi) is 7.08. The zero-order valence-electron chi connectivity index (χ0n) is 16.9. The molecule has 2 N–H and O–H groups in total. The van der Waals surface area contributed by atoms with Crippen molar-refractivity contribution in [1.29, 1.82) is 0 Å². The largest absolute Gasteiger partial charge is 0.464 e. The molecule has 0 radical (unpaired) electrons. The Hall–Kier alpha value is -2.53. The van der Waals surface area contributed by atoms with E-state index < -0.39 is 16.2 Å². The van der Waals surface area contributed by atoms with Crippen LogP contribution in [0, 0.1) is 0 Å². The van der Waals surface area contributed by atoms with Crippen LogP contribution in [0.2, 0.25) is 0 Å². The lowest BCUT2D eigenvalue weighted by Gasteiger charge is -2.24. The van der Waals surface area contributed by atoms with Gasteiger partial charge < -0.3 is 14.6 Å². The number of likely N-dealkylation sites (N-methyl/N-ethyl adjacent to an activating group) is 1. The molecule has 0 aliphatic carbocycles. The minimum atomic E-state index is -4.13. The molecule has 0 aliphatic rings. The summed E-state index contributed by atoms with van der Waals surface area (Å²) in [7, 11) is 1.23. The molecule has 2 aromatic rings. The van der Waals surface area contributed by atoms with Crippen molar-refractivity contribution < 1.29 is 17.6 Å². The molecule has 0 aliphatic heterocycles. The Bertz CT molecular complexity index is 903. The van der Waals surface area contributed by atoms with Crippen LogP contribution in [0.3, 0.4) is 0 Å². The van der Waals surface area contributed by atoms with Gasteiger partial charge in [0.25, 0.3) is 0 Å². The highest BCUT2D eigenvalue weighted by molar-refractivity contribution is 7.91. The molecule has 0 aromatic carbocycles. The molecule has 156 valence electrons. The van der Waals surface area contributed by atoms with Crippen LogP contribution in [-0.2, 0) is 30.1 Å². The Morgan fingerprint density at radius 1 is 1.25 bits per heavy atom. The first-order chi connectivity index (χ1) is 13.2. The van der Waals surface area contributed by atoms with Crippen molar-refractivity contribution >= 4 is 27.6 Å². The van der Waals surface area contributed by atoms with E-state index in [1.54, 1.807) is 19.3 Å². The second-order valence-corrected chi connectivity index (χ2v) is 8.16. The van der Waals surface area contributed by atoms with Crippen LogP contribution in [0.5, 0.6) is 0 Å². The number of urea groups is 1. The maximum atomic E-state index is 12.8. The van der Waals surface area contributed by atoms with E-state index >= 15 is 0 Å². The number of aryl methyl sites for hydroxylation is 3. The average Bonchev–Trinajstić information content (AvgIpc) is 3.19. The van der Waals surface area contributed by atoms with Crippen LogP contribution in [0.4, 0.5) is 16.2 Å². The number of hydrogen-bond donors (Lipinski definition) is 2. The van der Waals surface area contributed by atoms with E-state index in [1.807, 2.05) is 32.8 Å². The predicted octanol–water partition coefficient (Wildman–Crippen LogP) is 1.57. The van der Waals surface area contributed by atoms with Crippen molar-refractivity contribution in [2.24, 2.45) is 7.05 Å². The lowest BCUT2D eigenvalue weighted by Crippen LogP contribution is -2.47. The number of nitrogens with one attached hydrogen (secondary N) is 2. The van der Waals surface area contributed by atoms with Gasteiger partial charge in [-0.05, 0) is 14.1 Å². The molecular formula is C17H28N6O4S. The third kappa shape index (κ3) is 5.49. The van der Waals surface area contributed by atoms with Crippen LogP contribution in [-0.4, -0.2) is 56.3 Å². The summed E-state index contributed by atoms with van der Waals surface area (Å²) in [6, 6.07) is 0.854. The highest BCUT2D eigenvalue weighted by Gasteiger charge is 2.26. The summed E-state index contributed by atoms with van der Waals surface area (Å²) in [5.41, 5.74) is 0.837. The van der Waals surface area contributed by atoms with E-state index in [1.165, 1.54) is 10.9 Å². The molecule has 0 fully saturated rings. The summed E-state index contributed by atoms with van der Waals surface area (Å²) < 4.78 is 36.0. The summed E-state index contributed by atoms with van der Waals surface area (Å²) in [4.78, 5) is 14.2. The van der Waals surface area contributed by atoms with E-state index in [0.29, 0.717) is 36.5 Å². The molecule has 2 rings (SSSR count). The molecule has 28 heavy (non-hydrogen) atoms. The summed E-state index contributed by atoms with van der Waals surface area (Å²) in [5, 5.41) is 6.58. The van der Waals surface area contributed by atoms with Crippen LogP contribution in [0.25, 0.3) is 0 Å². The quantitative estimate of drug-likeness (QED) is 0.646. The van der Waals surface area contributed by atoms with Crippen LogP contribution >= 0.6 is 0 Å². The number of carbonyl (C=O) groups excluding carboxylic acids is 1. The molecule has 0 bridgehead atoms. The van der Waals surface area contributed by atoms with Gasteiger partial charge in [-0.1, -0.05) is 13.8 Å². The zero-order valence-corrected chi connectivity index (χ0v) is 17.7. The normalized spacial score (nSPS) is 11.6. The maximum Gasteiger partial charge on any atom is 0.334 e. The Morgan fingerprint density at radius 2 is 1.96 bits per heavy atom. The number of hydrogen-bond acceptors (Lipinski definition) is 6. The molecule has 2 heterocycles. The van der Waals surface area contributed by atoms with Gasteiger partial charge in [0.1, 0.15) is 11.5 Å². The third-order valence-corrected chi connectivity index (χ3v) is 5.44. The van der Waals surface area contributed by atoms with Gasteiger partial charge in [-0.2, -0.15) is 13.5 Å². The SMILES string of the molecule is CCc1cc(NC(=O)NS(=O)(=O)N(CCN(C)C)c2cnn(C)c2)c(CC)o1. The molecule has 10 nitrogen and oxygen atoms in total. The van der Waals surface area contributed by atoms with Crippen LogP contribution in [0.15, 0.2) is 22.9 Å². The summed E-state index contributed by atoms with van der Waals surface area (Å²) in [6.07, 6.45) is 4.26. The first-order valence-electron chi connectivity index (χ1n) is 9.02. The number of furan rings is 1. The standard InChI is InChI=1S/C17H28N6O4S/c1-6-14-10-15(16(7-2)27-14)19-17(24)20-28(25,26)23(9-8-21(3)4)13-11-18-22(5)12-13/h10-12H,6-9H2,1-5H3,(H2,19,20,24). The monoisotopic (exact) mass is 412 g/mol. The molecule has 2 amide bonds. The summed E-state index contributed by atoms with van der Waals surface area (Å²) in [6.45, 7) is 4.46. The lowest BCUT2D eigenvalue weighted by molar-refractivity contribution is 0.256. The van der Waals surface area contributed by atoms with Gasteiger partial charge in [-0.25, -0.2) is 13.8 Å². The number of carbonyl (C=O) groups is 1. The van der Waals surface area contributed by atoms with Gasteiger partial charge in [-0.3, -0.25) is 4.68 Å². The molecule has 0 unspecified atom stereocenters. The average molecular weight is 413 g/mol. The van der Waals surface area contributed by atoms with Gasteiger partial charge in [-0.15, -0.1) is 0 Å². The Morgan fingerprint density at radius 3 is 2.50 bits per heavy atom. The fourth-order valence-corrected chi connectivity index (χ4v) is 3.65. The molecule has 0 saturated carbocycles. The number of anilines is 2. The fourth-order valence-electron chi connectivity index (χ4n) is 2.56. The van der Waals surface area contributed by atoms with Crippen LogP contribution < -0.4 is 14.3 Å². The number of rotatable bonds is 9. The van der Waals surface area contributed by atoms with E-state index in [-0.39, 0.29) is 6.54 Å². The van der Waals surface area contributed by atoms with Gasteiger partial charge in [0.2, 0.25) is 0 Å². The van der Waals surface area contributed by atoms with Gasteiger partial charge in [0.15, 0.2) is 0 Å². The molecule has 2 aromatic heterocycles. The van der Waals surface area contributed by atoms with Crippen molar-refractivity contribution in [3.05, 3.63) is 30.0 Å². The van der Waals surface area contributed by atoms with E-state index in [4.69, 9.17) is 4.42 Å². The van der Waals surface area contributed by atoms with Crippen molar-refractivity contribution in [2.45, 2.75) is 26.7 Å². The smallest absolute Gasteiger partial charge is 0.334 e. The molecule has 11 heteroatoms. The topological polar surface area (TPSA) is 113 Å².